The van der Waals surface area contributed by atoms with Crippen LogP contribution < -0.4 is 0 Å². The van der Waals surface area contributed by atoms with Crippen LogP contribution in [0.15, 0.2) is 34.7 Å². The normalized spacial score (nSPS) is 18.9. The molecule has 156 valence electrons. The van der Waals surface area contributed by atoms with Crippen LogP contribution in [-0.2, 0) is 19.4 Å². The molecule has 2 aromatic rings. The van der Waals surface area contributed by atoms with Crippen molar-refractivity contribution in [1.29, 1.82) is 0 Å². The van der Waals surface area contributed by atoms with Gasteiger partial charge in [0.25, 0.3) is 5.91 Å². The molecule has 1 amide bonds. The number of carbonyl (C=O) groups is 2. The minimum absolute atomic E-state index is 0.00926. The van der Waals surface area contributed by atoms with Gasteiger partial charge in [0.1, 0.15) is 5.76 Å². The van der Waals surface area contributed by atoms with Crippen molar-refractivity contribution in [3.8, 4) is 11.5 Å². The first-order chi connectivity index (χ1) is 13.7. The maximum atomic E-state index is 12.8. The summed E-state index contributed by atoms with van der Waals surface area (Å²) in [6.45, 7) is 5.18. The fraction of sp³-hybridized carbons (Fsp3) is 0.450. The summed E-state index contributed by atoms with van der Waals surface area (Å²) >= 11 is 0. The topological polar surface area (TPSA) is 107 Å². The van der Waals surface area contributed by atoms with E-state index in [-0.39, 0.29) is 17.2 Å². The zero-order valence-corrected chi connectivity index (χ0v) is 17.4. The van der Waals surface area contributed by atoms with Gasteiger partial charge in [0, 0.05) is 18.2 Å². The molecule has 1 saturated heterocycles. The van der Waals surface area contributed by atoms with E-state index in [0.717, 1.165) is 5.56 Å². The molecule has 1 fully saturated rings. The second kappa shape index (κ2) is 8.36. The number of hydrogen-bond acceptors (Lipinski definition) is 7. The molecule has 0 saturated carbocycles. The Balaban J connectivity index is 1.70. The summed E-state index contributed by atoms with van der Waals surface area (Å²) in [5, 5.41) is 0. The highest BCUT2D eigenvalue weighted by Gasteiger charge is 2.36. The van der Waals surface area contributed by atoms with Crippen molar-refractivity contribution >= 4 is 21.7 Å². The van der Waals surface area contributed by atoms with E-state index >= 15 is 0 Å². The van der Waals surface area contributed by atoms with Crippen molar-refractivity contribution in [1.82, 2.24) is 9.88 Å². The van der Waals surface area contributed by atoms with E-state index in [1.807, 2.05) is 18.2 Å². The minimum atomic E-state index is -3.13. The zero-order valence-electron chi connectivity index (χ0n) is 16.6. The van der Waals surface area contributed by atoms with E-state index in [4.69, 9.17) is 9.15 Å². The van der Waals surface area contributed by atoms with Gasteiger partial charge in [0.15, 0.2) is 21.6 Å². The van der Waals surface area contributed by atoms with Crippen molar-refractivity contribution in [2.75, 3.05) is 18.1 Å². The molecule has 0 aliphatic carbocycles. The first-order valence-corrected chi connectivity index (χ1v) is 11.3. The monoisotopic (exact) mass is 420 g/mol. The van der Waals surface area contributed by atoms with Crippen LogP contribution in [0.3, 0.4) is 0 Å². The average molecular weight is 420 g/mol. The van der Waals surface area contributed by atoms with Crippen LogP contribution in [0.5, 0.6) is 0 Å². The molecule has 1 aromatic carbocycles. The average Bonchev–Trinajstić information content (AvgIpc) is 3.25. The predicted molar refractivity (Wildman–Crippen MR) is 106 cm³/mol. The van der Waals surface area contributed by atoms with Gasteiger partial charge < -0.3 is 14.1 Å². The highest BCUT2D eigenvalue weighted by Crippen LogP contribution is 2.23. The Morgan fingerprint density at radius 2 is 2.00 bits per heavy atom. The summed E-state index contributed by atoms with van der Waals surface area (Å²) in [6.07, 6.45) is -0.673. The lowest BCUT2D eigenvalue weighted by atomic mass is 10.2. The number of hydrogen-bond donors (Lipinski definition) is 0. The Kier molecular flexibility index (Phi) is 6.07. The van der Waals surface area contributed by atoms with Gasteiger partial charge in [-0.05, 0) is 39.3 Å². The van der Waals surface area contributed by atoms with Crippen LogP contribution in [-0.4, -0.2) is 60.4 Å². The van der Waals surface area contributed by atoms with Gasteiger partial charge >= 0.3 is 5.97 Å². The smallest absolute Gasteiger partial charge is 0.361 e. The molecule has 0 radical (unpaired) electrons. The van der Waals surface area contributed by atoms with Gasteiger partial charge in [-0.3, -0.25) is 4.79 Å². The van der Waals surface area contributed by atoms with Gasteiger partial charge in [0.05, 0.1) is 11.5 Å². The maximum absolute atomic E-state index is 12.8. The molecular formula is C20H24N2O6S. The molecule has 3 rings (SSSR count). The summed E-state index contributed by atoms with van der Waals surface area (Å²) in [6, 6.07) is 8.74. The second-order valence-electron chi connectivity index (χ2n) is 7.02. The molecule has 0 bridgehead atoms. The van der Waals surface area contributed by atoms with Crippen molar-refractivity contribution < 1.29 is 27.2 Å². The Morgan fingerprint density at radius 1 is 1.31 bits per heavy atom. The summed E-state index contributed by atoms with van der Waals surface area (Å²) < 4.78 is 34.3. The van der Waals surface area contributed by atoms with Gasteiger partial charge in [0.2, 0.25) is 5.89 Å². The molecule has 2 atom stereocenters. The fourth-order valence-electron chi connectivity index (χ4n) is 3.41. The Bertz CT molecular complexity index is 999. The fourth-order valence-corrected chi connectivity index (χ4v) is 5.14. The van der Waals surface area contributed by atoms with Crippen LogP contribution in [0.4, 0.5) is 0 Å². The highest BCUT2D eigenvalue weighted by atomic mass is 32.2. The number of rotatable bonds is 6. The lowest BCUT2D eigenvalue weighted by Crippen LogP contribution is -2.46. The molecule has 1 aromatic heterocycles. The van der Waals surface area contributed by atoms with Crippen molar-refractivity contribution in [2.45, 2.75) is 39.3 Å². The van der Waals surface area contributed by atoms with Gasteiger partial charge in [-0.1, -0.05) is 18.2 Å². The number of aryl methyl sites for hydroxylation is 1. The first-order valence-electron chi connectivity index (χ1n) is 9.46. The second-order valence-corrected chi connectivity index (χ2v) is 9.25. The van der Waals surface area contributed by atoms with Crippen LogP contribution in [0.2, 0.25) is 0 Å². The number of oxazole rings is 1. The summed E-state index contributed by atoms with van der Waals surface area (Å²) in [7, 11) is -3.13. The van der Waals surface area contributed by atoms with E-state index in [9.17, 15) is 18.0 Å². The molecule has 2 heterocycles. The quantitative estimate of drug-likeness (QED) is 0.660. The molecule has 8 nitrogen and oxygen atoms in total. The van der Waals surface area contributed by atoms with Crippen molar-refractivity contribution in [2.24, 2.45) is 0 Å². The van der Waals surface area contributed by atoms with Crippen LogP contribution in [0, 0.1) is 6.92 Å². The molecule has 9 heteroatoms. The predicted octanol–water partition coefficient (Wildman–Crippen LogP) is 2.23. The van der Waals surface area contributed by atoms with Gasteiger partial charge in [-0.2, -0.15) is 0 Å². The summed E-state index contributed by atoms with van der Waals surface area (Å²) in [5.74, 6) is -0.591. The van der Waals surface area contributed by atoms with E-state index in [1.165, 1.54) is 11.8 Å². The van der Waals surface area contributed by atoms with E-state index < -0.39 is 33.9 Å². The minimum Gasteiger partial charge on any atom is -0.448 e. The largest absolute Gasteiger partial charge is 0.448 e. The van der Waals surface area contributed by atoms with Crippen molar-refractivity contribution in [3.63, 3.8) is 0 Å². The van der Waals surface area contributed by atoms with E-state index in [0.29, 0.717) is 24.6 Å². The number of likely N-dealkylation sites (N-methyl/N-ethyl adjacent to an activating group) is 1. The Morgan fingerprint density at radius 3 is 2.59 bits per heavy atom. The summed E-state index contributed by atoms with van der Waals surface area (Å²) in [5.41, 5.74) is 0.730. The zero-order chi connectivity index (χ0) is 21.2. The number of benzene rings is 1. The van der Waals surface area contributed by atoms with E-state index in [1.54, 1.807) is 26.0 Å². The lowest BCUT2D eigenvalue weighted by Gasteiger charge is -2.29. The number of aromatic nitrogens is 1. The van der Waals surface area contributed by atoms with Gasteiger partial charge in [-0.25, -0.2) is 18.2 Å². The Hall–Kier alpha value is -2.68. The molecule has 0 N–H and O–H groups in total. The Labute approximate surface area is 169 Å². The third kappa shape index (κ3) is 4.67. The van der Waals surface area contributed by atoms with Crippen LogP contribution in [0.25, 0.3) is 11.5 Å². The van der Waals surface area contributed by atoms with Crippen LogP contribution in [0.1, 0.15) is 36.5 Å². The number of nitrogens with zero attached hydrogens (tertiary/aromatic N) is 2. The molecule has 1 aliphatic heterocycles. The first kappa shape index (κ1) is 21.0. The number of carbonyl (C=O) groups excluding carboxylic acids is 2. The van der Waals surface area contributed by atoms with E-state index in [2.05, 4.69) is 4.98 Å². The highest BCUT2D eigenvalue weighted by molar-refractivity contribution is 7.91. The lowest BCUT2D eigenvalue weighted by molar-refractivity contribution is -0.141. The molecule has 0 unspecified atom stereocenters. The number of amides is 1. The molecular weight excluding hydrogens is 396 g/mol. The van der Waals surface area contributed by atoms with Gasteiger partial charge in [-0.15, -0.1) is 0 Å². The number of sulfone groups is 1. The molecule has 29 heavy (non-hydrogen) atoms. The third-order valence-electron chi connectivity index (χ3n) is 4.92. The standard InChI is InChI=1S/C20H24N2O6S/c1-4-22(16-10-11-29(25,26)12-16)19(23)14(3)28-20(24)17-13(2)27-18(21-17)15-8-6-5-7-9-15/h5-9,14,16H,4,10-12H2,1-3H3/t14-,16-/m1/s1. The third-order valence-corrected chi connectivity index (χ3v) is 6.67. The summed E-state index contributed by atoms with van der Waals surface area (Å²) in [4.78, 5) is 31.0. The van der Waals surface area contributed by atoms with Crippen LogP contribution >= 0.6 is 0 Å². The molecule has 0 spiro atoms. The number of esters is 1. The maximum Gasteiger partial charge on any atom is 0.361 e. The number of ether oxygens (including phenoxy) is 1. The SMILES string of the molecule is CCN(C(=O)[C@@H](C)OC(=O)c1nc(-c2ccccc2)oc1C)[C@@H]1CCS(=O)(=O)C1. The van der Waals surface area contributed by atoms with Crippen molar-refractivity contribution in [3.05, 3.63) is 41.8 Å². The molecule has 1 aliphatic rings.